The molecular weight excluding hydrogens is 242 g/mol. The Morgan fingerprint density at radius 3 is 2.37 bits per heavy atom. The van der Waals surface area contributed by atoms with Crippen LogP contribution in [0.1, 0.15) is 40.0 Å². The predicted octanol–water partition coefficient (Wildman–Crippen LogP) is 2.47. The summed E-state index contributed by atoms with van der Waals surface area (Å²) in [7, 11) is 1.71. The molecule has 0 aliphatic rings. The van der Waals surface area contributed by atoms with Crippen LogP contribution < -0.4 is 5.32 Å². The normalized spacial score (nSPS) is 14.5. The largest absolute Gasteiger partial charge is 0.385 e. The van der Waals surface area contributed by atoms with Gasteiger partial charge in [0.15, 0.2) is 0 Å². The summed E-state index contributed by atoms with van der Waals surface area (Å²) in [6.07, 6.45) is 3.29. The Balaban J connectivity index is 3.52. The van der Waals surface area contributed by atoms with E-state index in [1.165, 1.54) is 6.42 Å². The van der Waals surface area contributed by atoms with E-state index in [4.69, 9.17) is 14.2 Å². The standard InChI is InChI=1S/C15H33NO3/c1-5-8-16-15(14(3)6-2)13-19-12-11-18-10-7-9-17-4/h14-16H,5-13H2,1-4H3. The molecule has 0 aromatic rings. The third-order valence-electron chi connectivity index (χ3n) is 3.29. The molecule has 2 unspecified atom stereocenters. The Morgan fingerprint density at radius 1 is 1.00 bits per heavy atom. The minimum absolute atomic E-state index is 0.457. The van der Waals surface area contributed by atoms with Crippen molar-refractivity contribution in [2.24, 2.45) is 5.92 Å². The van der Waals surface area contributed by atoms with Gasteiger partial charge in [-0.1, -0.05) is 27.2 Å². The Labute approximate surface area is 119 Å². The molecule has 0 radical (unpaired) electrons. The summed E-state index contributed by atoms with van der Waals surface area (Å²) in [6.45, 7) is 11.4. The first-order valence-electron chi connectivity index (χ1n) is 7.64. The van der Waals surface area contributed by atoms with E-state index >= 15 is 0 Å². The van der Waals surface area contributed by atoms with Crippen LogP contribution in [0.4, 0.5) is 0 Å². The highest BCUT2D eigenvalue weighted by molar-refractivity contribution is 4.71. The molecule has 0 aromatic heterocycles. The molecule has 0 aliphatic carbocycles. The zero-order valence-corrected chi connectivity index (χ0v) is 13.2. The van der Waals surface area contributed by atoms with E-state index in [1.807, 2.05) is 0 Å². The van der Waals surface area contributed by atoms with Gasteiger partial charge in [0.05, 0.1) is 19.8 Å². The van der Waals surface area contributed by atoms with Gasteiger partial charge in [-0.15, -0.1) is 0 Å². The molecule has 0 saturated carbocycles. The maximum Gasteiger partial charge on any atom is 0.0701 e. The molecule has 4 heteroatoms. The van der Waals surface area contributed by atoms with E-state index in [0.717, 1.165) is 39.2 Å². The van der Waals surface area contributed by atoms with Crippen molar-refractivity contribution in [2.75, 3.05) is 46.7 Å². The average Bonchev–Trinajstić information content (AvgIpc) is 2.44. The Kier molecular flexibility index (Phi) is 14.1. The third-order valence-corrected chi connectivity index (χ3v) is 3.29. The van der Waals surface area contributed by atoms with Crippen molar-refractivity contribution in [3.05, 3.63) is 0 Å². The monoisotopic (exact) mass is 275 g/mol. The number of nitrogens with one attached hydrogen (secondary N) is 1. The summed E-state index contributed by atoms with van der Waals surface area (Å²) < 4.78 is 16.1. The molecule has 0 amide bonds. The number of methoxy groups -OCH3 is 1. The first-order valence-corrected chi connectivity index (χ1v) is 7.64. The zero-order valence-electron chi connectivity index (χ0n) is 13.2. The van der Waals surface area contributed by atoms with E-state index in [2.05, 4.69) is 26.1 Å². The summed E-state index contributed by atoms with van der Waals surface area (Å²) in [5.41, 5.74) is 0. The van der Waals surface area contributed by atoms with Gasteiger partial charge >= 0.3 is 0 Å². The van der Waals surface area contributed by atoms with Gasteiger partial charge < -0.3 is 19.5 Å². The second-order valence-electron chi connectivity index (χ2n) is 4.98. The summed E-state index contributed by atoms with van der Waals surface area (Å²) >= 11 is 0. The Bertz CT molecular complexity index is 179. The Morgan fingerprint density at radius 2 is 1.74 bits per heavy atom. The van der Waals surface area contributed by atoms with Gasteiger partial charge in [0, 0.05) is 26.4 Å². The lowest BCUT2D eigenvalue weighted by atomic mass is 10.00. The molecule has 0 aromatic carbocycles. The smallest absolute Gasteiger partial charge is 0.0701 e. The number of rotatable bonds is 14. The molecule has 0 spiro atoms. The van der Waals surface area contributed by atoms with Crippen molar-refractivity contribution in [2.45, 2.75) is 46.1 Å². The van der Waals surface area contributed by atoms with Crippen molar-refractivity contribution in [3.8, 4) is 0 Å². The van der Waals surface area contributed by atoms with Crippen molar-refractivity contribution in [1.82, 2.24) is 5.32 Å². The molecule has 19 heavy (non-hydrogen) atoms. The molecule has 0 bridgehead atoms. The van der Waals surface area contributed by atoms with Gasteiger partial charge in [0.2, 0.25) is 0 Å². The van der Waals surface area contributed by atoms with Crippen LogP contribution in [0.2, 0.25) is 0 Å². The molecule has 0 rings (SSSR count). The fourth-order valence-corrected chi connectivity index (χ4v) is 1.77. The third kappa shape index (κ3) is 11.4. The van der Waals surface area contributed by atoms with Crippen LogP contribution in [0.3, 0.4) is 0 Å². The molecular formula is C15H33NO3. The number of ether oxygens (including phenoxy) is 3. The summed E-state index contributed by atoms with van der Waals surface area (Å²) in [4.78, 5) is 0. The van der Waals surface area contributed by atoms with Gasteiger partial charge in [0.25, 0.3) is 0 Å². The lowest BCUT2D eigenvalue weighted by Gasteiger charge is -2.24. The maximum absolute atomic E-state index is 5.70. The molecule has 0 heterocycles. The quantitative estimate of drug-likeness (QED) is 0.494. The van der Waals surface area contributed by atoms with E-state index in [-0.39, 0.29) is 0 Å². The van der Waals surface area contributed by atoms with E-state index in [0.29, 0.717) is 25.2 Å². The first-order chi connectivity index (χ1) is 9.26. The van der Waals surface area contributed by atoms with Crippen LogP contribution in [-0.2, 0) is 14.2 Å². The minimum Gasteiger partial charge on any atom is -0.385 e. The Hall–Kier alpha value is -0.160. The number of hydrogen-bond donors (Lipinski definition) is 1. The van der Waals surface area contributed by atoms with Crippen molar-refractivity contribution >= 4 is 0 Å². The molecule has 0 aliphatic heterocycles. The van der Waals surface area contributed by atoms with Crippen molar-refractivity contribution in [1.29, 1.82) is 0 Å². The highest BCUT2D eigenvalue weighted by Gasteiger charge is 2.14. The van der Waals surface area contributed by atoms with Crippen LogP contribution >= 0.6 is 0 Å². The lowest BCUT2D eigenvalue weighted by molar-refractivity contribution is 0.0272. The number of hydrogen-bond acceptors (Lipinski definition) is 4. The van der Waals surface area contributed by atoms with Gasteiger partial charge in [-0.05, 0) is 25.3 Å². The van der Waals surface area contributed by atoms with Gasteiger partial charge in [-0.25, -0.2) is 0 Å². The molecule has 2 atom stereocenters. The SMILES string of the molecule is CCCNC(COCCOCCCOC)C(C)CC. The van der Waals surface area contributed by atoms with Crippen LogP contribution in [0, 0.1) is 5.92 Å². The summed E-state index contributed by atoms with van der Waals surface area (Å²) in [5, 5.41) is 3.56. The summed E-state index contributed by atoms with van der Waals surface area (Å²) in [6, 6.07) is 0.457. The molecule has 116 valence electrons. The van der Waals surface area contributed by atoms with E-state index in [9.17, 15) is 0 Å². The van der Waals surface area contributed by atoms with Crippen LogP contribution in [0.15, 0.2) is 0 Å². The second kappa shape index (κ2) is 14.3. The molecule has 0 fully saturated rings. The van der Waals surface area contributed by atoms with Crippen LogP contribution in [0.5, 0.6) is 0 Å². The highest BCUT2D eigenvalue weighted by atomic mass is 16.5. The van der Waals surface area contributed by atoms with E-state index in [1.54, 1.807) is 7.11 Å². The minimum atomic E-state index is 0.457. The van der Waals surface area contributed by atoms with Crippen LogP contribution in [0.25, 0.3) is 0 Å². The highest BCUT2D eigenvalue weighted by Crippen LogP contribution is 2.08. The second-order valence-corrected chi connectivity index (χ2v) is 4.98. The predicted molar refractivity (Wildman–Crippen MR) is 79.7 cm³/mol. The van der Waals surface area contributed by atoms with E-state index < -0.39 is 0 Å². The van der Waals surface area contributed by atoms with Gasteiger partial charge in [0.1, 0.15) is 0 Å². The average molecular weight is 275 g/mol. The van der Waals surface area contributed by atoms with Crippen molar-refractivity contribution in [3.63, 3.8) is 0 Å². The first kappa shape index (κ1) is 18.8. The maximum atomic E-state index is 5.70. The fraction of sp³-hybridized carbons (Fsp3) is 1.00. The zero-order chi connectivity index (χ0) is 14.3. The van der Waals surface area contributed by atoms with Crippen LogP contribution in [-0.4, -0.2) is 52.7 Å². The van der Waals surface area contributed by atoms with Crippen molar-refractivity contribution < 1.29 is 14.2 Å². The molecule has 4 nitrogen and oxygen atoms in total. The summed E-state index contributed by atoms with van der Waals surface area (Å²) in [5.74, 6) is 0.647. The molecule has 1 N–H and O–H groups in total. The molecule has 0 saturated heterocycles. The lowest BCUT2D eigenvalue weighted by Crippen LogP contribution is -2.39. The topological polar surface area (TPSA) is 39.7 Å². The van der Waals surface area contributed by atoms with Gasteiger partial charge in [-0.3, -0.25) is 0 Å². The fourth-order valence-electron chi connectivity index (χ4n) is 1.77. The van der Waals surface area contributed by atoms with Gasteiger partial charge in [-0.2, -0.15) is 0 Å².